The van der Waals surface area contributed by atoms with Gasteiger partial charge in [0.25, 0.3) is 0 Å². The number of amides is 1. The molecule has 0 spiro atoms. The second-order valence-corrected chi connectivity index (χ2v) is 9.58. The number of phenolic OH excluding ortho intramolecular Hbond substituents is 1. The molecule has 36 heavy (non-hydrogen) atoms. The summed E-state index contributed by atoms with van der Waals surface area (Å²) in [5.74, 6) is 0.853. The number of carbonyl (C=O) groups is 2. The van der Waals surface area contributed by atoms with Crippen LogP contribution in [0.1, 0.15) is 67.2 Å². The number of ketones is 1. The van der Waals surface area contributed by atoms with E-state index < -0.39 is 0 Å². The Morgan fingerprint density at radius 2 is 1.72 bits per heavy atom. The quantitative estimate of drug-likeness (QED) is 0.392. The number of nitrogens with zero attached hydrogens (tertiary/aromatic N) is 1. The van der Waals surface area contributed by atoms with Gasteiger partial charge in [-0.15, -0.1) is 17.0 Å². The average molecular weight is 563 g/mol. The lowest BCUT2D eigenvalue weighted by Crippen LogP contribution is -2.30. The van der Waals surface area contributed by atoms with Crippen molar-refractivity contribution in [3.63, 3.8) is 0 Å². The van der Waals surface area contributed by atoms with Crippen LogP contribution in [-0.2, 0) is 23.2 Å². The number of rotatable bonds is 9. The molecule has 3 N–H and O–H groups in total. The van der Waals surface area contributed by atoms with Crippen LogP contribution in [0.2, 0.25) is 0 Å². The lowest BCUT2D eigenvalue weighted by Gasteiger charge is -2.23. The first-order valence-electron chi connectivity index (χ1n) is 11.9. The standard InChI is InChI=1S/C27H35N3O5.BrH/c1-7-34-22-12-18-14-30(26(28)19(18)9-17(22)13-24(32)29-6)15-21(31)16-10-20(27(3,4)5)25(33)23(11-16)35-8-2;/h9-12,28,33H,7-8,13-15H2,1-6H3,(H,29,32);1H. The second-order valence-electron chi connectivity index (χ2n) is 9.58. The van der Waals surface area contributed by atoms with Crippen molar-refractivity contribution in [3.8, 4) is 17.2 Å². The van der Waals surface area contributed by atoms with E-state index in [-0.39, 0.29) is 64.4 Å². The van der Waals surface area contributed by atoms with Crippen molar-refractivity contribution in [1.82, 2.24) is 10.2 Å². The Morgan fingerprint density at radius 1 is 1.08 bits per heavy atom. The molecule has 0 unspecified atom stereocenters. The number of aromatic hydroxyl groups is 1. The number of hydrogen-bond donors (Lipinski definition) is 3. The third kappa shape index (κ3) is 6.19. The number of amidine groups is 1. The third-order valence-electron chi connectivity index (χ3n) is 5.99. The molecular formula is C27H36BrN3O5. The lowest BCUT2D eigenvalue weighted by atomic mass is 9.84. The predicted octanol–water partition coefficient (Wildman–Crippen LogP) is 4.38. The van der Waals surface area contributed by atoms with Crippen LogP contribution < -0.4 is 14.8 Å². The summed E-state index contributed by atoms with van der Waals surface area (Å²) < 4.78 is 11.3. The van der Waals surface area contributed by atoms with Crippen LogP contribution in [0.15, 0.2) is 24.3 Å². The van der Waals surface area contributed by atoms with E-state index in [1.165, 1.54) is 0 Å². The summed E-state index contributed by atoms with van der Waals surface area (Å²) >= 11 is 0. The van der Waals surface area contributed by atoms with Gasteiger partial charge in [0, 0.05) is 35.8 Å². The van der Waals surface area contributed by atoms with Gasteiger partial charge in [-0.1, -0.05) is 20.8 Å². The van der Waals surface area contributed by atoms with Crippen molar-refractivity contribution >= 4 is 34.5 Å². The molecule has 0 fully saturated rings. The van der Waals surface area contributed by atoms with Crippen LogP contribution >= 0.6 is 17.0 Å². The zero-order valence-corrected chi connectivity index (χ0v) is 23.5. The molecule has 2 aromatic rings. The smallest absolute Gasteiger partial charge is 0.224 e. The Balaban J connectivity index is 0.00000456. The Hall–Kier alpha value is -3.07. The number of nitrogens with one attached hydrogen (secondary N) is 2. The third-order valence-corrected chi connectivity index (χ3v) is 5.99. The van der Waals surface area contributed by atoms with Gasteiger partial charge >= 0.3 is 0 Å². The molecule has 3 rings (SSSR count). The SMILES string of the molecule is Br.CCOc1cc2c(cc1CC(=O)NC)C(=N)N(CC(=O)c1cc(OCC)c(O)c(C(C)(C)C)c1)C2. The summed E-state index contributed by atoms with van der Waals surface area (Å²) in [4.78, 5) is 27.0. The van der Waals surface area contributed by atoms with E-state index in [2.05, 4.69) is 5.32 Å². The van der Waals surface area contributed by atoms with E-state index in [0.29, 0.717) is 47.8 Å². The monoisotopic (exact) mass is 561 g/mol. The highest BCUT2D eigenvalue weighted by atomic mass is 79.9. The highest BCUT2D eigenvalue weighted by Gasteiger charge is 2.30. The lowest BCUT2D eigenvalue weighted by molar-refractivity contribution is -0.119. The molecule has 196 valence electrons. The normalized spacial score (nSPS) is 12.6. The van der Waals surface area contributed by atoms with Crippen molar-refractivity contribution in [3.05, 3.63) is 52.1 Å². The Morgan fingerprint density at radius 3 is 2.31 bits per heavy atom. The van der Waals surface area contributed by atoms with Crippen LogP contribution in [0.5, 0.6) is 17.2 Å². The van der Waals surface area contributed by atoms with Gasteiger partial charge < -0.3 is 24.8 Å². The van der Waals surface area contributed by atoms with Crippen molar-refractivity contribution in [2.75, 3.05) is 26.8 Å². The molecule has 0 saturated heterocycles. The zero-order valence-electron chi connectivity index (χ0n) is 21.8. The first-order chi connectivity index (χ1) is 16.5. The van der Waals surface area contributed by atoms with E-state index in [0.717, 1.165) is 5.56 Å². The Kier molecular flexibility index (Phi) is 9.54. The minimum Gasteiger partial charge on any atom is -0.504 e. The summed E-state index contributed by atoms with van der Waals surface area (Å²) in [5.41, 5.74) is 2.94. The Bertz CT molecular complexity index is 1160. The van der Waals surface area contributed by atoms with Crippen LogP contribution in [0.4, 0.5) is 0 Å². The first-order valence-corrected chi connectivity index (χ1v) is 11.9. The Labute approximate surface area is 223 Å². The number of hydrogen-bond acceptors (Lipinski definition) is 6. The predicted molar refractivity (Wildman–Crippen MR) is 145 cm³/mol. The second kappa shape index (κ2) is 11.8. The molecule has 0 aliphatic carbocycles. The van der Waals surface area contributed by atoms with Gasteiger partial charge in [-0.2, -0.15) is 0 Å². The van der Waals surface area contributed by atoms with Gasteiger partial charge in [-0.3, -0.25) is 15.0 Å². The van der Waals surface area contributed by atoms with E-state index >= 15 is 0 Å². The van der Waals surface area contributed by atoms with Gasteiger partial charge in [-0.25, -0.2) is 0 Å². The number of phenols is 1. The molecule has 2 aromatic carbocycles. The molecule has 9 heteroatoms. The van der Waals surface area contributed by atoms with Gasteiger partial charge in [0.2, 0.25) is 5.91 Å². The molecule has 1 aliphatic rings. The van der Waals surface area contributed by atoms with E-state index in [4.69, 9.17) is 14.9 Å². The maximum atomic E-state index is 13.3. The topological polar surface area (TPSA) is 112 Å². The fourth-order valence-electron chi connectivity index (χ4n) is 4.17. The van der Waals surface area contributed by atoms with Crippen molar-refractivity contribution in [1.29, 1.82) is 5.41 Å². The average Bonchev–Trinajstić information content (AvgIpc) is 3.08. The number of Topliss-reactive ketones (excluding diaryl/α,β-unsaturated/α-hetero) is 1. The number of carbonyl (C=O) groups excluding carboxylic acids is 2. The molecule has 1 aliphatic heterocycles. The minimum atomic E-state index is -0.389. The van der Waals surface area contributed by atoms with Crippen LogP contribution in [-0.4, -0.2) is 54.3 Å². The summed E-state index contributed by atoms with van der Waals surface area (Å²) in [6.07, 6.45) is 0.147. The van der Waals surface area contributed by atoms with E-state index in [1.54, 1.807) is 24.1 Å². The molecule has 1 heterocycles. The molecular weight excluding hydrogens is 526 g/mol. The van der Waals surface area contributed by atoms with Crippen molar-refractivity contribution < 1.29 is 24.2 Å². The summed E-state index contributed by atoms with van der Waals surface area (Å²) in [6.45, 7) is 10.8. The summed E-state index contributed by atoms with van der Waals surface area (Å²) in [5, 5.41) is 22.0. The van der Waals surface area contributed by atoms with Gasteiger partial charge in [0.15, 0.2) is 17.3 Å². The number of likely N-dealkylation sites (N-methyl/N-ethyl adjacent to an activating group) is 1. The molecule has 0 bridgehead atoms. The molecule has 0 saturated carbocycles. The zero-order chi connectivity index (χ0) is 25.9. The van der Waals surface area contributed by atoms with Gasteiger partial charge in [-0.05, 0) is 49.1 Å². The van der Waals surface area contributed by atoms with Crippen molar-refractivity contribution in [2.45, 2.75) is 53.0 Å². The number of fused-ring (bicyclic) bond motifs is 1. The maximum Gasteiger partial charge on any atom is 0.224 e. The fourth-order valence-corrected chi connectivity index (χ4v) is 4.17. The van der Waals surface area contributed by atoms with Gasteiger partial charge in [0.05, 0.1) is 26.2 Å². The number of ether oxygens (including phenoxy) is 2. The molecule has 0 aromatic heterocycles. The fraction of sp³-hybridized carbons (Fsp3) is 0.444. The molecule has 8 nitrogen and oxygen atoms in total. The van der Waals surface area contributed by atoms with E-state index in [9.17, 15) is 14.7 Å². The summed E-state index contributed by atoms with van der Waals surface area (Å²) in [6, 6.07) is 6.95. The highest BCUT2D eigenvalue weighted by Crippen LogP contribution is 2.39. The van der Waals surface area contributed by atoms with Gasteiger partial charge in [0.1, 0.15) is 11.6 Å². The largest absolute Gasteiger partial charge is 0.504 e. The molecule has 1 amide bonds. The van der Waals surface area contributed by atoms with Crippen LogP contribution in [0.3, 0.4) is 0 Å². The summed E-state index contributed by atoms with van der Waals surface area (Å²) in [7, 11) is 1.58. The maximum absolute atomic E-state index is 13.3. The van der Waals surface area contributed by atoms with Crippen LogP contribution in [0, 0.1) is 5.41 Å². The first kappa shape index (κ1) is 29.2. The number of benzene rings is 2. The van der Waals surface area contributed by atoms with E-state index in [1.807, 2.05) is 46.8 Å². The molecule has 0 atom stereocenters. The minimum absolute atomic E-state index is 0. The molecule has 0 radical (unpaired) electrons. The van der Waals surface area contributed by atoms with Crippen molar-refractivity contribution in [2.24, 2.45) is 0 Å². The number of halogens is 1. The van der Waals surface area contributed by atoms with Crippen LogP contribution in [0.25, 0.3) is 0 Å². The highest BCUT2D eigenvalue weighted by molar-refractivity contribution is 8.93.